The highest BCUT2D eigenvalue weighted by atomic mass is 16.5. The lowest BCUT2D eigenvalue weighted by atomic mass is 9.90. The highest BCUT2D eigenvalue weighted by molar-refractivity contribution is 5.86. The van der Waals surface area contributed by atoms with Gasteiger partial charge < -0.3 is 20.3 Å². The van der Waals surface area contributed by atoms with Crippen molar-refractivity contribution < 1.29 is 9.53 Å². The molecule has 2 N–H and O–H groups in total. The van der Waals surface area contributed by atoms with Gasteiger partial charge in [-0.2, -0.15) is 0 Å². The van der Waals surface area contributed by atoms with E-state index in [4.69, 9.17) is 10.5 Å². The van der Waals surface area contributed by atoms with E-state index in [2.05, 4.69) is 18.7 Å². The van der Waals surface area contributed by atoms with Crippen LogP contribution in [0.25, 0.3) is 0 Å². The molecule has 0 saturated carbocycles. The van der Waals surface area contributed by atoms with Crippen LogP contribution in [0, 0.1) is 5.92 Å². The third-order valence-corrected chi connectivity index (χ3v) is 4.79. The number of ether oxygens (including phenoxy) is 1. The molecule has 2 aliphatic heterocycles. The van der Waals surface area contributed by atoms with E-state index in [-0.39, 0.29) is 5.91 Å². The minimum absolute atomic E-state index is 0.142. The predicted molar refractivity (Wildman–Crippen MR) is 79.4 cm³/mol. The van der Waals surface area contributed by atoms with Crippen molar-refractivity contribution in [2.75, 3.05) is 45.9 Å². The van der Waals surface area contributed by atoms with Gasteiger partial charge in [-0.1, -0.05) is 13.8 Å². The Balaban J connectivity index is 1.87. The summed E-state index contributed by atoms with van der Waals surface area (Å²) in [6.07, 6.45) is 2.42. The largest absolute Gasteiger partial charge is 0.381 e. The summed E-state index contributed by atoms with van der Waals surface area (Å²) in [5.41, 5.74) is 5.62. The molecule has 2 saturated heterocycles. The first kappa shape index (κ1) is 15.7. The number of likely N-dealkylation sites (tertiary alicyclic amines) is 1. The Morgan fingerprint density at radius 2 is 2.00 bits per heavy atom. The van der Waals surface area contributed by atoms with Crippen molar-refractivity contribution in [2.45, 2.75) is 38.6 Å². The van der Waals surface area contributed by atoms with Gasteiger partial charge in [0.1, 0.15) is 0 Å². The zero-order chi connectivity index (χ0) is 14.6. The van der Waals surface area contributed by atoms with Gasteiger partial charge in [0.2, 0.25) is 5.91 Å². The van der Waals surface area contributed by atoms with E-state index in [1.807, 2.05) is 4.90 Å². The van der Waals surface area contributed by atoms with E-state index >= 15 is 0 Å². The zero-order valence-corrected chi connectivity index (χ0v) is 12.9. The molecule has 5 heteroatoms. The van der Waals surface area contributed by atoms with Crippen LogP contribution in [0.15, 0.2) is 0 Å². The molecule has 0 bridgehead atoms. The molecule has 0 radical (unpaired) electrons. The molecule has 20 heavy (non-hydrogen) atoms. The minimum atomic E-state index is -0.678. The summed E-state index contributed by atoms with van der Waals surface area (Å²) in [6, 6.07) is 0. The van der Waals surface area contributed by atoms with Crippen LogP contribution in [-0.4, -0.2) is 67.2 Å². The predicted octanol–water partition coefficient (Wildman–Crippen LogP) is 0.685. The van der Waals surface area contributed by atoms with E-state index in [9.17, 15) is 4.79 Å². The molecule has 0 aliphatic carbocycles. The Morgan fingerprint density at radius 3 is 2.60 bits per heavy atom. The Kier molecular flexibility index (Phi) is 5.41. The second-order valence-corrected chi connectivity index (χ2v) is 6.16. The molecule has 2 heterocycles. The Hall–Kier alpha value is -0.650. The zero-order valence-electron chi connectivity index (χ0n) is 12.9. The summed E-state index contributed by atoms with van der Waals surface area (Å²) >= 11 is 0. The standard InChI is InChI=1S/C15H29N3O2/c1-3-17(4-2)11-13-5-8-18(12-13)14(19)15(16)6-9-20-10-7-15/h13H,3-12,16H2,1-2H3. The van der Waals surface area contributed by atoms with Crippen LogP contribution in [0.5, 0.6) is 0 Å². The van der Waals surface area contributed by atoms with Crippen molar-refractivity contribution in [3.63, 3.8) is 0 Å². The van der Waals surface area contributed by atoms with Gasteiger partial charge in [0.25, 0.3) is 0 Å². The van der Waals surface area contributed by atoms with Gasteiger partial charge in [-0.15, -0.1) is 0 Å². The first-order chi connectivity index (χ1) is 9.59. The lowest BCUT2D eigenvalue weighted by Crippen LogP contribution is -2.57. The maximum atomic E-state index is 12.6. The summed E-state index contributed by atoms with van der Waals surface area (Å²) in [5, 5.41) is 0. The third kappa shape index (κ3) is 3.51. The van der Waals surface area contributed by atoms with Crippen molar-refractivity contribution in [2.24, 2.45) is 11.7 Å². The van der Waals surface area contributed by atoms with Crippen molar-refractivity contribution in [3.05, 3.63) is 0 Å². The van der Waals surface area contributed by atoms with Gasteiger partial charge in [-0.3, -0.25) is 4.79 Å². The molecule has 5 nitrogen and oxygen atoms in total. The lowest BCUT2D eigenvalue weighted by molar-refractivity contribution is -0.139. The fourth-order valence-electron chi connectivity index (χ4n) is 3.28. The number of nitrogens with zero attached hydrogens (tertiary/aromatic N) is 2. The number of carbonyl (C=O) groups is 1. The highest BCUT2D eigenvalue weighted by Crippen LogP contribution is 2.25. The first-order valence-corrected chi connectivity index (χ1v) is 7.97. The SMILES string of the molecule is CCN(CC)CC1CCN(C(=O)C2(N)CCOCC2)C1. The normalized spacial score (nSPS) is 26.2. The van der Waals surface area contributed by atoms with E-state index in [0.717, 1.165) is 39.1 Å². The fourth-order valence-corrected chi connectivity index (χ4v) is 3.28. The van der Waals surface area contributed by atoms with Gasteiger partial charge in [-0.25, -0.2) is 0 Å². The van der Waals surface area contributed by atoms with Crippen LogP contribution in [0.1, 0.15) is 33.1 Å². The molecule has 2 aliphatic rings. The Bertz CT molecular complexity index is 325. The maximum absolute atomic E-state index is 12.6. The molecule has 1 amide bonds. The van der Waals surface area contributed by atoms with Gasteiger partial charge in [0.05, 0.1) is 5.54 Å². The number of hydrogen-bond acceptors (Lipinski definition) is 4. The second-order valence-electron chi connectivity index (χ2n) is 6.16. The number of carbonyl (C=O) groups excluding carboxylic acids is 1. The van der Waals surface area contributed by atoms with Crippen molar-refractivity contribution in [3.8, 4) is 0 Å². The van der Waals surface area contributed by atoms with E-state index in [0.29, 0.717) is 32.0 Å². The molecule has 2 fully saturated rings. The minimum Gasteiger partial charge on any atom is -0.381 e. The van der Waals surface area contributed by atoms with Crippen LogP contribution in [0.2, 0.25) is 0 Å². The third-order valence-electron chi connectivity index (χ3n) is 4.79. The fraction of sp³-hybridized carbons (Fsp3) is 0.933. The molecule has 2 rings (SSSR count). The molecular weight excluding hydrogens is 254 g/mol. The van der Waals surface area contributed by atoms with E-state index in [1.54, 1.807) is 0 Å². The highest BCUT2D eigenvalue weighted by Gasteiger charge is 2.41. The summed E-state index contributed by atoms with van der Waals surface area (Å²) < 4.78 is 5.32. The van der Waals surface area contributed by atoms with Crippen molar-refractivity contribution in [1.82, 2.24) is 9.80 Å². The number of rotatable bonds is 5. The van der Waals surface area contributed by atoms with Gasteiger partial charge in [0.15, 0.2) is 0 Å². The molecule has 0 aromatic rings. The smallest absolute Gasteiger partial charge is 0.242 e. The van der Waals surface area contributed by atoms with Crippen LogP contribution >= 0.6 is 0 Å². The number of hydrogen-bond donors (Lipinski definition) is 1. The van der Waals surface area contributed by atoms with E-state index < -0.39 is 5.54 Å². The maximum Gasteiger partial charge on any atom is 0.242 e. The van der Waals surface area contributed by atoms with Crippen LogP contribution in [0.4, 0.5) is 0 Å². The molecule has 116 valence electrons. The van der Waals surface area contributed by atoms with Crippen LogP contribution in [0.3, 0.4) is 0 Å². The van der Waals surface area contributed by atoms with Gasteiger partial charge >= 0.3 is 0 Å². The van der Waals surface area contributed by atoms with Gasteiger partial charge in [0, 0.05) is 32.8 Å². The monoisotopic (exact) mass is 283 g/mol. The summed E-state index contributed by atoms with van der Waals surface area (Å²) in [6.45, 7) is 10.6. The molecule has 1 atom stereocenters. The van der Waals surface area contributed by atoms with Gasteiger partial charge in [-0.05, 0) is 38.3 Å². The van der Waals surface area contributed by atoms with Crippen molar-refractivity contribution >= 4 is 5.91 Å². The summed E-state index contributed by atoms with van der Waals surface area (Å²) in [4.78, 5) is 17.0. The van der Waals surface area contributed by atoms with Crippen LogP contribution < -0.4 is 5.73 Å². The molecule has 0 spiro atoms. The molecule has 0 aromatic heterocycles. The molecule has 1 unspecified atom stereocenters. The first-order valence-electron chi connectivity index (χ1n) is 7.97. The van der Waals surface area contributed by atoms with Crippen molar-refractivity contribution in [1.29, 1.82) is 0 Å². The molecular formula is C15H29N3O2. The molecule has 0 aromatic carbocycles. The summed E-state index contributed by atoms with van der Waals surface area (Å²) in [7, 11) is 0. The Morgan fingerprint density at radius 1 is 1.35 bits per heavy atom. The topological polar surface area (TPSA) is 58.8 Å². The average molecular weight is 283 g/mol. The lowest BCUT2D eigenvalue weighted by Gasteiger charge is -2.35. The summed E-state index contributed by atoms with van der Waals surface area (Å²) in [5.74, 6) is 0.741. The number of amides is 1. The quantitative estimate of drug-likeness (QED) is 0.806. The Labute approximate surface area is 122 Å². The van der Waals surface area contributed by atoms with E-state index in [1.165, 1.54) is 0 Å². The average Bonchev–Trinajstić information content (AvgIpc) is 2.93. The second kappa shape index (κ2) is 6.87. The van der Waals surface area contributed by atoms with Crippen LogP contribution in [-0.2, 0) is 9.53 Å². The number of nitrogens with two attached hydrogens (primary N) is 1.